The highest BCUT2D eigenvalue weighted by atomic mass is 16.5. The standard InChI is InChI=1S/C6H10O3.6C4H6O2/c1-5(2)6(8)9-4-3-7;6*1-3(2)4(5)6/h7H,1,3-4H2,2H3;6*1H2,2H3,(H,5,6). The van der Waals surface area contributed by atoms with E-state index in [4.69, 9.17) is 35.7 Å². The quantitative estimate of drug-likeness (QED) is 0.138. The van der Waals surface area contributed by atoms with Gasteiger partial charge in [0.2, 0.25) is 0 Å². The van der Waals surface area contributed by atoms with Gasteiger partial charge < -0.3 is 40.5 Å². The number of carboxylic acid groups (broad SMARTS) is 6. The highest BCUT2D eigenvalue weighted by Crippen LogP contribution is 1.90. The first-order valence-electron chi connectivity index (χ1n) is 11.8. The number of carbonyl (C=O) groups is 7. The lowest BCUT2D eigenvalue weighted by Gasteiger charge is -1.99. The molecule has 0 bridgehead atoms. The molecule has 0 spiro atoms. The molecule has 0 radical (unpaired) electrons. The van der Waals surface area contributed by atoms with Crippen LogP contribution in [0, 0.1) is 0 Å². The zero-order valence-electron chi connectivity index (χ0n) is 26.8. The molecule has 0 atom stereocenters. The van der Waals surface area contributed by atoms with Gasteiger partial charge in [0.1, 0.15) is 6.61 Å². The summed E-state index contributed by atoms with van der Waals surface area (Å²) in [5.74, 6) is -6.07. The van der Waals surface area contributed by atoms with Crippen LogP contribution in [0.5, 0.6) is 0 Å². The summed E-state index contributed by atoms with van der Waals surface area (Å²) in [6.07, 6.45) is 0. The third-order valence-corrected chi connectivity index (χ3v) is 2.86. The molecule has 15 nitrogen and oxygen atoms in total. The van der Waals surface area contributed by atoms with Crippen LogP contribution < -0.4 is 0 Å². The van der Waals surface area contributed by atoms with Crippen LogP contribution in [0.25, 0.3) is 0 Å². The fraction of sp³-hybridized carbons (Fsp3) is 0.300. The highest BCUT2D eigenvalue weighted by Gasteiger charge is 2.00. The molecular weight excluding hydrogens is 600 g/mol. The summed E-state index contributed by atoms with van der Waals surface area (Å²) in [5, 5.41) is 55.5. The molecule has 0 saturated heterocycles. The van der Waals surface area contributed by atoms with Crippen LogP contribution in [0.2, 0.25) is 0 Å². The van der Waals surface area contributed by atoms with Gasteiger partial charge in [-0.2, -0.15) is 0 Å². The van der Waals surface area contributed by atoms with E-state index in [9.17, 15) is 33.6 Å². The number of hydrogen-bond acceptors (Lipinski definition) is 9. The number of aliphatic hydroxyl groups is 1. The van der Waals surface area contributed by atoms with E-state index in [1.165, 1.54) is 41.5 Å². The predicted molar refractivity (Wildman–Crippen MR) is 168 cm³/mol. The zero-order valence-corrected chi connectivity index (χ0v) is 26.8. The van der Waals surface area contributed by atoms with Gasteiger partial charge >= 0.3 is 41.8 Å². The average Bonchev–Trinajstić information content (AvgIpc) is 2.88. The summed E-state index contributed by atoms with van der Waals surface area (Å²) in [4.78, 5) is 68.1. The maximum Gasteiger partial charge on any atom is 0.333 e. The van der Waals surface area contributed by atoms with E-state index >= 15 is 0 Å². The Morgan fingerprint density at radius 2 is 0.533 bits per heavy atom. The number of aliphatic carboxylic acids is 6. The third-order valence-electron chi connectivity index (χ3n) is 2.86. The Bertz CT molecular complexity index is 848. The molecular formula is C30H46O15. The van der Waals surface area contributed by atoms with Crippen LogP contribution in [-0.4, -0.2) is 90.7 Å². The monoisotopic (exact) mass is 646 g/mol. The van der Waals surface area contributed by atoms with E-state index < -0.39 is 41.8 Å². The molecule has 256 valence electrons. The van der Waals surface area contributed by atoms with Crippen LogP contribution >= 0.6 is 0 Å². The van der Waals surface area contributed by atoms with Gasteiger partial charge in [0.25, 0.3) is 0 Å². The molecule has 45 heavy (non-hydrogen) atoms. The molecule has 0 unspecified atom stereocenters. The molecule has 0 amide bonds. The minimum Gasteiger partial charge on any atom is -0.478 e. The Balaban J connectivity index is -0.0000000754. The largest absolute Gasteiger partial charge is 0.478 e. The van der Waals surface area contributed by atoms with E-state index in [0.29, 0.717) is 5.57 Å². The maximum atomic E-state index is 10.5. The molecule has 0 aliphatic heterocycles. The molecule has 0 fully saturated rings. The minimum absolute atomic E-state index is 0.0473. The van der Waals surface area contributed by atoms with Gasteiger partial charge in [-0.05, 0) is 48.5 Å². The fourth-order valence-electron chi connectivity index (χ4n) is 0.262. The van der Waals surface area contributed by atoms with Crippen molar-refractivity contribution in [2.45, 2.75) is 48.5 Å². The number of hydrogen-bond donors (Lipinski definition) is 7. The van der Waals surface area contributed by atoms with E-state index in [0.717, 1.165) is 0 Å². The SMILES string of the molecule is C=C(C)C(=O)O.C=C(C)C(=O)O.C=C(C)C(=O)O.C=C(C)C(=O)O.C=C(C)C(=O)O.C=C(C)C(=O)O.C=C(C)C(=O)OCCO. The van der Waals surface area contributed by atoms with Crippen molar-refractivity contribution in [1.29, 1.82) is 0 Å². The first-order valence-corrected chi connectivity index (χ1v) is 11.8. The maximum absolute atomic E-state index is 10.5. The van der Waals surface area contributed by atoms with Crippen molar-refractivity contribution in [2.24, 2.45) is 0 Å². The molecule has 0 heterocycles. The van der Waals surface area contributed by atoms with Gasteiger partial charge in [0.05, 0.1) is 6.61 Å². The lowest BCUT2D eigenvalue weighted by atomic mass is 10.4. The Hall–Kier alpha value is -5.57. The van der Waals surface area contributed by atoms with Gasteiger partial charge in [0.15, 0.2) is 0 Å². The van der Waals surface area contributed by atoms with Crippen LogP contribution in [0.1, 0.15) is 48.5 Å². The molecule has 0 aromatic heterocycles. The number of ether oxygens (including phenoxy) is 1. The molecule has 0 aromatic rings. The second kappa shape index (κ2) is 34.6. The Morgan fingerprint density at radius 3 is 0.600 bits per heavy atom. The van der Waals surface area contributed by atoms with Crippen molar-refractivity contribution in [3.63, 3.8) is 0 Å². The van der Waals surface area contributed by atoms with E-state index in [2.05, 4.69) is 50.8 Å². The van der Waals surface area contributed by atoms with Crippen LogP contribution in [0.3, 0.4) is 0 Å². The summed E-state index contributed by atoms with van der Waals surface area (Å²) in [5.41, 5.74) is 1.41. The minimum atomic E-state index is -0.935. The van der Waals surface area contributed by atoms with Gasteiger partial charge in [-0.25, -0.2) is 33.6 Å². The van der Waals surface area contributed by atoms with Gasteiger partial charge in [-0.3, -0.25) is 0 Å². The van der Waals surface area contributed by atoms with Crippen molar-refractivity contribution in [3.05, 3.63) is 85.1 Å². The second-order valence-electron chi connectivity index (χ2n) is 8.15. The van der Waals surface area contributed by atoms with Gasteiger partial charge in [0, 0.05) is 39.0 Å². The molecule has 0 aromatic carbocycles. The van der Waals surface area contributed by atoms with Crippen LogP contribution in [0.4, 0.5) is 0 Å². The van der Waals surface area contributed by atoms with E-state index in [1.807, 2.05) is 0 Å². The normalized spacial score (nSPS) is 7.73. The molecule has 15 heteroatoms. The summed E-state index contributed by atoms with van der Waals surface area (Å²) >= 11 is 0. The first kappa shape index (κ1) is 55.4. The van der Waals surface area contributed by atoms with Crippen LogP contribution in [-0.2, 0) is 38.3 Å². The molecule has 7 N–H and O–H groups in total. The molecule has 0 rings (SSSR count). The smallest absolute Gasteiger partial charge is 0.333 e. The summed E-state index contributed by atoms with van der Waals surface area (Å²) in [6, 6.07) is 0. The average molecular weight is 647 g/mol. The van der Waals surface area contributed by atoms with Gasteiger partial charge in [-0.15, -0.1) is 0 Å². The number of carboxylic acids is 6. The zero-order chi connectivity index (χ0) is 38.2. The summed E-state index contributed by atoms with van der Waals surface area (Å²) < 4.78 is 4.46. The number of rotatable bonds is 9. The Morgan fingerprint density at radius 1 is 0.400 bits per heavy atom. The molecule has 0 aliphatic carbocycles. The van der Waals surface area contributed by atoms with Crippen molar-refractivity contribution >= 4 is 41.8 Å². The fourth-order valence-corrected chi connectivity index (χ4v) is 0.262. The highest BCUT2D eigenvalue weighted by molar-refractivity contribution is 5.87. The van der Waals surface area contributed by atoms with Crippen molar-refractivity contribution < 1.29 is 74.0 Å². The number of carbonyl (C=O) groups excluding carboxylic acids is 1. The van der Waals surface area contributed by atoms with Crippen LogP contribution in [0.15, 0.2) is 85.1 Å². The Labute approximate surface area is 262 Å². The topological polar surface area (TPSA) is 270 Å². The van der Waals surface area contributed by atoms with E-state index in [-0.39, 0.29) is 46.7 Å². The summed E-state index contributed by atoms with van der Waals surface area (Å²) in [6.45, 7) is 32.4. The van der Waals surface area contributed by atoms with Crippen molar-refractivity contribution in [3.8, 4) is 0 Å². The number of aliphatic hydroxyl groups excluding tert-OH is 1. The van der Waals surface area contributed by atoms with E-state index in [1.54, 1.807) is 6.92 Å². The van der Waals surface area contributed by atoms with Crippen molar-refractivity contribution in [1.82, 2.24) is 0 Å². The Kier molecular flexibility index (Phi) is 42.6. The summed E-state index contributed by atoms with van der Waals surface area (Å²) in [7, 11) is 0. The van der Waals surface area contributed by atoms with Gasteiger partial charge in [-0.1, -0.05) is 46.1 Å². The van der Waals surface area contributed by atoms with Crippen molar-refractivity contribution in [2.75, 3.05) is 13.2 Å². The third kappa shape index (κ3) is 73.0. The first-order chi connectivity index (χ1) is 20.0. The predicted octanol–water partition coefficient (Wildman–Crippen LogP) is 3.98. The second-order valence-corrected chi connectivity index (χ2v) is 8.15. The lowest BCUT2D eigenvalue weighted by molar-refractivity contribution is -0.140. The lowest BCUT2D eigenvalue weighted by Crippen LogP contribution is -2.08. The molecule has 0 aliphatic rings. The molecule has 0 saturated carbocycles. The number of esters is 1.